The van der Waals surface area contributed by atoms with Gasteiger partial charge in [0.25, 0.3) is 5.91 Å². The van der Waals surface area contributed by atoms with Gasteiger partial charge in [0.05, 0.1) is 12.2 Å². The summed E-state index contributed by atoms with van der Waals surface area (Å²) in [6.07, 6.45) is 1.93. The molecule has 0 radical (unpaired) electrons. The van der Waals surface area contributed by atoms with Crippen LogP contribution in [-0.4, -0.2) is 29.1 Å². The minimum Gasteiger partial charge on any atom is -0.480 e. The van der Waals surface area contributed by atoms with Crippen LogP contribution < -0.4 is 10.4 Å². The molecule has 0 N–H and O–H groups in total. The van der Waals surface area contributed by atoms with Crippen LogP contribution >= 0.6 is 0 Å². The highest BCUT2D eigenvalue weighted by Crippen LogP contribution is 2.33. The van der Waals surface area contributed by atoms with Gasteiger partial charge in [0.15, 0.2) is 6.10 Å². The number of aryl methyl sites for hydroxylation is 4. The van der Waals surface area contributed by atoms with Crippen molar-refractivity contribution in [1.82, 2.24) is 10.1 Å². The summed E-state index contributed by atoms with van der Waals surface area (Å²) in [7, 11) is 1.73. The van der Waals surface area contributed by atoms with E-state index in [1.54, 1.807) is 18.9 Å². The lowest BCUT2D eigenvalue weighted by molar-refractivity contribution is -0.137. The number of fused-ring (bicyclic) bond motifs is 3. The molecule has 0 saturated carbocycles. The van der Waals surface area contributed by atoms with E-state index >= 15 is 0 Å². The Hall–Kier alpha value is -3.09. The van der Waals surface area contributed by atoms with Crippen molar-refractivity contribution in [2.24, 2.45) is 0 Å². The summed E-state index contributed by atoms with van der Waals surface area (Å²) in [6.45, 7) is 7.65. The number of likely N-dealkylation sites (N-methyl/N-ethyl adjacent to an activating group) is 1. The molecule has 7 heteroatoms. The topological polar surface area (TPSA) is 85.8 Å². The molecule has 30 heavy (non-hydrogen) atoms. The van der Waals surface area contributed by atoms with Gasteiger partial charge in [-0.3, -0.25) is 4.79 Å². The predicted molar refractivity (Wildman–Crippen MR) is 112 cm³/mol. The third kappa shape index (κ3) is 3.38. The summed E-state index contributed by atoms with van der Waals surface area (Å²) < 4.78 is 16.8. The molecule has 1 atom stereocenters. The average Bonchev–Trinajstić information content (AvgIpc) is 3.33. The van der Waals surface area contributed by atoms with Crippen molar-refractivity contribution in [3.8, 4) is 5.75 Å². The second-order valence-electron chi connectivity index (χ2n) is 8.02. The quantitative estimate of drug-likeness (QED) is 0.597. The molecule has 1 amide bonds. The fraction of sp³-hybridized carbons (Fsp3) is 0.435. The van der Waals surface area contributed by atoms with Crippen LogP contribution in [0.4, 0.5) is 0 Å². The lowest BCUT2D eigenvalue weighted by Gasteiger charge is -2.23. The number of carbonyl (C=O) groups excluding carboxylic acids is 1. The van der Waals surface area contributed by atoms with E-state index in [9.17, 15) is 9.59 Å². The smallest absolute Gasteiger partial charge is 0.339 e. The maximum absolute atomic E-state index is 12.9. The Labute approximate surface area is 174 Å². The zero-order chi connectivity index (χ0) is 21.6. The van der Waals surface area contributed by atoms with Gasteiger partial charge in [0.2, 0.25) is 0 Å². The normalized spacial score (nSPS) is 14.0. The highest BCUT2D eigenvalue weighted by molar-refractivity contribution is 5.86. The summed E-state index contributed by atoms with van der Waals surface area (Å²) in [5.41, 5.74) is 4.55. The highest BCUT2D eigenvalue weighted by atomic mass is 16.5. The fourth-order valence-electron chi connectivity index (χ4n) is 4.18. The molecule has 3 aromatic rings. The first-order valence-electron chi connectivity index (χ1n) is 10.2. The van der Waals surface area contributed by atoms with Gasteiger partial charge in [0.1, 0.15) is 17.1 Å². The van der Waals surface area contributed by atoms with Gasteiger partial charge in [-0.15, -0.1) is 0 Å². The third-order valence-electron chi connectivity index (χ3n) is 5.94. The van der Waals surface area contributed by atoms with E-state index in [0.29, 0.717) is 23.6 Å². The third-order valence-corrected chi connectivity index (χ3v) is 5.94. The zero-order valence-electron chi connectivity index (χ0n) is 18.0. The summed E-state index contributed by atoms with van der Waals surface area (Å²) in [6, 6.07) is 3.78. The van der Waals surface area contributed by atoms with E-state index in [2.05, 4.69) is 5.16 Å². The minimum atomic E-state index is -0.701. The van der Waals surface area contributed by atoms with E-state index < -0.39 is 6.10 Å². The van der Waals surface area contributed by atoms with Crippen molar-refractivity contribution in [2.75, 3.05) is 7.05 Å². The van der Waals surface area contributed by atoms with Crippen LogP contribution in [0.5, 0.6) is 5.75 Å². The highest BCUT2D eigenvalue weighted by Gasteiger charge is 2.25. The van der Waals surface area contributed by atoms with Crippen LogP contribution in [0, 0.1) is 20.8 Å². The van der Waals surface area contributed by atoms with Crippen molar-refractivity contribution in [1.29, 1.82) is 0 Å². The van der Waals surface area contributed by atoms with Crippen molar-refractivity contribution in [3.05, 3.63) is 56.3 Å². The van der Waals surface area contributed by atoms with Crippen LogP contribution in [0.2, 0.25) is 0 Å². The predicted octanol–water partition coefficient (Wildman–Crippen LogP) is 3.62. The number of benzene rings is 1. The van der Waals surface area contributed by atoms with Gasteiger partial charge in [-0.1, -0.05) is 5.16 Å². The Morgan fingerprint density at radius 1 is 1.23 bits per heavy atom. The lowest BCUT2D eigenvalue weighted by Crippen LogP contribution is -2.37. The Morgan fingerprint density at radius 3 is 2.67 bits per heavy atom. The number of aromatic nitrogens is 1. The van der Waals surface area contributed by atoms with Crippen LogP contribution in [0.1, 0.15) is 47.1 Å². The van der Waals surface area contributed by atoms with Gasteiger partial charge < -0.3 is 18.6 Å². The van der Waals surface area contributed by atoms with E-state index in [1.165, 1.54) is 0 Å². The first kappa shape index (κ1) is 20.2. The molecule has 0 fully saturated rings. The standard InChI is InChI=1S/C23H26N2O5/c1-12-20(10-9-17-16-7-6-8-18(16)23(27)29-21(12)17)28-15(4)22(26)25(5)11-19-13(2)24-30-14(19)3/h9-10,15H,6-8,11H2,1-5H3. The van der Waals surface area contributed by atoms with Gasteiger partial charge in [-0.05, 0) is 64.7 Å². The molecule has 0 saturated heterocycles. The molecule has 1 aliphatic carbocycles. The van der Waals surface area contributed by atoms with Crippen LogP contribution in [0.3, 0.4) is 0 Å². The van der Waals surface area contributed by atoms with Crippen molar-refractivity contribution < 1.29 is 18.5 Å². The number of nitrogens with zero attached hydrogens (tertiary/aromatic N) is 2. The monoisotopic (exact) mass is 410 g/mol. The van der Waals surface area contributed by atoms with E-state index in [4.69, 9.17) is 13.7 Å². The summed E-state index contributed by atoms with van der Waals surface area (Å²) in [5, 5.41) is 4.89. The molecule has 2 heterocycles. The Bertz CT molecular complexity index is 1170. The van der Waals surface area contributed by atoms with Crippen LogP contribution in [0.25, 0.3) is 11.0 Å². The Kier molecular flexibility index (Phi) is 5.13. The molecule has 1 aromatic carbocycles. The first-order valence-corrected chi connectivity index (χ1v) is 10.2. The van der Waals surface area contributed by atoms with E-state index in [0.717, 1.165) is 52.6 Å². The average molecular weight is 410 g/mol. The summed E-state index contributed by atoms with van der Waals surface area (Å²) in [4.78, 5) is 26.8. The van der Waals surface area contributed by atoms with Crippen LogP contribution in [0.15, 0.2) is 25.9 Å². The number of ether oxygens (including phenoxy) is 1. The van der Waals surface area contributed by atoms with Gasteiger partial charge >= 0.3 is 5.63 Å². The molecular weight excluding hydrogens is 384 g/mol. The molecule has 1 aliphatic rings. The second kappa shape index (κ2) is 7.63. The van der Waals surface area contributed by atoms with Gasteiger partial charge in [0, 0.05) is 29.1 Å². The van der Waals surface area contributed by atoms with Crippen molar-refractivity contribution in [3.63, 3.8) is 0 Å². The van der Waals surface area contributed by atoms with Crippen molar-refractivity contribution in [2.45, 2.75) is 59.6 Å². The minimum absolute atomic E-state index is 0.162. The zero-order valence-corrected chi connectivity index (χ0v) is 18.0. The number of rotatable bonds is 5. The number of amides is 1. The molecule has 0 aliphatic heterocycles. The lowest BCUT2D eigenvalue weighted by atomic mass is 10.0. The number of hydrogen-bond donors (Lipinski definition) is 0. The largest absolute Gasteiger partial charge is 0.480 e. The maximum atomic E-state index is 12.9. The molecule has 158 valence electrons. The second-order valence-corrected chi connectivity index (χ2v) is 8.02. The molecule has 4 rings (SSSR count). The van der Waals surface area contributed by atoms with E-state index in [1.807, 2.05) is 32.9 Å². The molecular formula is C23H26N2O5. The Balaban J connectivity index is 1.56. The SMILES string of the molecule is Cc1noc(C)c1CN(C)C(=O)C(C)Oc1ccc2c3c(c(=O)oc2c1C)CCC3. The van der Waals surface area contributed by atoms with E-state index in [-0.39, 0.29) is 11.5 Å². The molecule has 1 unspecified atom stereocenters. The Morgan fingerprint density at radius 2 is 1.97 bits per heavy atom. The van der Waals surface area contributed by atoms with Gasteiger partial charge in [-0.25, -0.2) is 4.79 Å². The summed E-state index contributed by atoms with van der Waals surface area (Å²) in [5.74, 6) is 1.08. The molecule has 7 nitrogen and oxygen atoms in total. The number of carbonyl (C=O) groups is 1. The summed E-state index contributed by atoms with van der Waals surface area (Å²) >= 11 is 0. The first-order chi connectivity index (χ1) is 14.3. The fourth-order valence-corrected chi connectivity index (χ4v) is 4.18. The van der Waals surface area contributed by atoms with Crippen molar-refractivity contribution >= 4 is 16.9 Å². The number of hydrogen-bond acceptors (Lipinski definition) is 6. The molecule has 0 spiro atoms. The molecule has 2 aromatic heterocycles. The van der Waals surface area contributed by atoms with Crippen LogP contribution in [-0.2, 0) is 24.2 Å². The van der Waals surface area contributed by atoms with Gasteiger partial charge in [-0.2, -0.15) is 0 Å². The molecule has 0 bridgehead atoms. The maximum Gasteiger partial charge on any atom is 0.339 e.